The molecule has 0 spiro atoms. The van der Waals surface area contributed by atoms with Gasteiger partial charge in [-0.15, -0.1) is 0 Å². The highest BCUT2D eigenvalue weighted by atomic mass is 16.2. The highest BCUT2D eigenvalue weighted by Gasteiger charge is 2.26. The lowest BCUT2D eigenvalue weighted by Crippen LogP contribution is -2.47. The third-order valence-electron chi connectivity index (χ3n) is 3.78. The average molecular weight is 320 g/mol. The summed E-state index contributed by atoms with van der Waals surface area (Å²) >= 11 is 0. The molecule has 0 unspecified atom stereocenters. The van der Waals surface area contributed by atoms with E-state index in [0.29, 0.717) is 19.5 Å². The monoisotopic (exact) mass is 320 g/mol. The van der Waals surface area contributed by atoms with Crippen LogP contribution in [0, 0.1) is 5.41 Å². The number of nitrogens with one attached hydrogen (secondary N) is 2. The van der Waals surface area contributed by atoms with Crippen molar-refractivity contribution < 1.29 is 9.59 Å². The van der Waals surface area contributed by atoms with Crippen molar-refractivity contribution >= 4 is 11.8 Å². The lowest BCUT2D eigenvalue weighted by Gasteiger charge is -2.34. The zero-order chi connectivity index (χ0) is 17.0. The minimum Gasteiger partial charge on any atom is -0.348 e. The maximum atomic E-state index is 12.2. The lowest BCUT2D eigenvalue weighted by molar-refractivity contribution is -0.134. The number of likely N-dealkylation sites (tertiary alicyclic amines) is 1. The second kappa shape index (κ2) is 6.93. The molecule has 1 aliphatic rings. The van der Waals surface area contributed by atoms with Gasteiger partial charge < -0.3 is 10.2 Å². The third kappa shape index (κ3) is 5.19. The highest BCUT2D eigenvalue weighted by Crippen LogP contribution is 2.21. The van der Waals surface area contributed by atoms with Gasteiger partial charge in [-0.2, -0.15) is 5.10 Å². The number of hydrogen-bond donors (Lipinski definition) is 2. The number of H-pyrrole nitrogens is 1. The summed E-state index contributed by atoms with van der Waals surface area (Å²) in [6.45, 7) is 7.46. The summed E-state index contributed by atoms with van der Waals surface area (Å²) in [6.07, 6.45) is 1.99. The van der Waals surface area contributed by atoms with Crippen LogP contribution >= 0.6 is 0 Å². The van der Waals surface area contributed by atoms with Crippen LogP contribution in [0.1, 0.15) is 50.5 Å². The van der Waals surface area contributed by atoms with E-state index in [0.717, 1.165) is 12.8 Å². The van der Waals surface area contributed by atoms with Crippen molar-refractivity contribution in [2.75, 3.05) is 13.1 Å². The minimum atomic E-state index is -0.341. The Morgan fingerprint density at radius 3 is 2.48 bits per heavy atom. The predicted molar refractivity (Wildman–Crippen MR) is 86.0 cm³/mol. The first-order valence-corrected chi connectivity index (χ1v) is 7.89. The fraction of sp³-hybridized carbons (Fsp3) is 0.625. The van der Waals surface area contributed by atoms with E-state index >= 15 is 0 Å². The molecule has 2 heterocycles. The van der Waals surface area contributed by atoms with Gasteiger partial charge in [-0.25, -0.2) is 5.10 Å². The Hall–Kier alpha value is -2.18. The Labute approximate surface area is 135 Å². The number of carbonyl (C=O) groups excluding carboxylic acids is 2. The molecule has 23 heavy (non-hydrogen) atoms. The van der Waals surface area contributed by atoms with E-state index in [1.54, 1.807) is 0 Å². The van der Waals surface area contributed by atoms with Crippen LogP contribution in [0.25, 0.3) is 0 Å². The third-order valence-corrected chi connectivity index (χ3v) is 3.78. The van der Waals surface area contributed by atoms with Crippen LogP contribution in [0.4, 0.5) is 0 Å². The second-order valence-electron chi connectivity index (χ2n) is 7.17. The van der Waals surface area contributed by atoms with Gasteiger partial charge in [0.25, 0.3) is 11.5 Å². The molecule has 1 aromatic rings. The van der Waals surface area contributed by atoms with Gasteiger partial charge >= 0.3 is 0 Å². The van der Waals surface area contributed by atoms with Gasteiger partial charge in [0.05, 0.1) is 0 Å². The molecule has 1 aliphatic heterocycles. The molecule has 0 radical (unpaired) electrons. The Kier molecular flexibility index (Phi) is 5.18. The largest absolute Gasteiger partial charge is 0.348 e. The summed E-state index contributed by atoms with van der Waals surface area (Å²) in [4.78, 5) is 37.1. The Balaban J connectivity index is 1.82. The topological polar surface area (TPSA) is 95.2 Å². The van der Waals surface area contributed by atoms with Crippen molar-refractivity contribution in [3.63, 3.8) is 0 Å². The van der Waals surface area contributed by atoms with E-state index < -0.39 is 0 Å². The summed E-state index contributed by atoms with van der Waals surface area (Å²) in [7, 11) is 0. The van der Waals surface area contributed by atoms with E-state index in [2.05, 4.69) is 36.3 Å². The van der Waals surface area contributed by atoms with Crippen LogP contribution in [0.3, 0.4) is 0 Å². The van der Waals surface area contributed by atoms with Gasteiger partial charge in [-0.3, -0.25) is 14.4 Å². The van der Waals surface area contributed by atoms with Gasteiger partial charge in [0, 0.05) is 31.6 Å². The Bertz CT molecular complexity index is 604. The van der Waals surface area contributed by atoms with Gasteiger partial charge in [0.15, 0.2) is 0 Å². The van der Waals surface area contributed by atoms with Crippen LogP contribution in [-0.4, -0.2) is 46.0 Å². The summed E-state index contributed by atoms with van der Waals surface area (Å²) < 4.78 is 0. The van der Waals surface area contributed by atoms with Crippen molar-refractivity contribution in [2.45, 2.75) is 46.1 Å². The first kappa shape index (κ1) is 17.2. The molecule has 2 rings (SSSR count). The van der Waals surface area contributed by atoms with Crippen LogP contribution in [-0.2, 0) is 4.79 Å². The number of aromatic amines is 1. The number of nitrogens with zero attached hydrogens (tertiary/aromatic N) is 2. The van der Waals surface area contributed by atoms with E-state index in [4.69, 9.17) is 0 Å². The number of rotatable bonds is 3. The molecule has 0 saturated carbocycles. The quantitative estimate of drug-likeness (QED) is 0.866. The maximum Gasteiger partial charge on any atom is 0.271 e. The highest BCUT2D eigenvalue weighted by molar-refractivity contribution is 5.92. The standard InChI is InChI=1S/C16H24N4O3/c1-16(2,3)10-14(22)20-8-6-11(7-9-20)17-15(23)12-4-5-13(21)19-18-12/h4-5,11H,6-10H2,1-3H3,(H,17,23)(H,19,21). The SMILES string of the molecule is CC(C)(C)CC(=O)N1CCC(NC(=O)c2ccc(=O)[nH]n2)CC1. The lowest BCUT2D eigenvalue weighted by atomic mass is 9.91. The Morgan fingerprint density at radius 1 is 1.30 bits per heavy atom. The minimum absolute atomic E-state index is 0.0158. The van der Waals surface area contributed by atoms with Gasteiger partial charge in [-0.05, 0) is 24.3 Å². The summed E-state index contributed by atoms with van der Waals surface area (Å²) in [5.74, 6) is -0.134. The van der Waals surface area contributed by atoms with Crippen LogP contribution in [0.2, 0.25) is 0 Å². The molecular weight excluding hydrogens is 296 g/mol. The normalized spacial score (nSPS) is 16.2. The summed E-state index contributed by atoms with van der Waals surface area (Å²) in [6, 6.07) is 2.70. The molecule has 126 valence electrons. The zero-order valence-electron chi connectivity index (χ0n) is 13.9. The van der Waals surface area contributed by atoms with Gasteiger partial charge in [0.1, 0.15) is 5.69 Å². The van der Waals surface area contributed by atoms with E-state index in [-0.39, 0.29) is 34.5 Å². The number of hydrogen-bond acceptors (Lipinski definition) is 4. The average Bonchev–Trinajstić information content (AvgIpc) is 2.46. The number of carbonyl (C=O) groups is 2. The van der Waals surface area contributed by atoms with Crippen LogP contribution in [0.15, 0.2) is 16.9 Å². The van der Waals surface area contributed by atoms with E-state index in [1.807, 2.05) is 4.90 Å². The van der Waals surface area contributed by atoms with Gasteiger partial charge in [0.2, 0.25) is 5.91 Å². The Morgan fingerprint density at radius 2 is 1.96 bits per heavy atom. The molecule has 7 nitrogen and oxygen atoms in total. The molecule has 0 bridgehead atoms. The number of aromatic nitrogens is 2. The maximum absolute atomic E-state index is 12.2. The first-order chi connectivity index (χ1) is 10.7. The van der Waals surface area contributed by atoms with Gasteiger partial charge in [-0.1, -0.05) is 20.8 Å². The molecule has 1 saturated heterocycles. The van der Waals surface area contributed by atoms with Crippen molar-refractivity contribution in [2.24, 2.45) is 5.41 Å². The van der Waals surface area contributed by atoms with Crippen LogP contribution < -0.4 is 10.9 Å². The summed E-state index contributed by atoms with van der Waals surface area (Å²) in [5.41, 5.74) is -0.166. The molecule has 0 aromatic carbocycles. The van der Waals surface area contributed by atoms with E-state index in [9.17, 15) is 14.4 Å². The summed E-state index contributed by atoms with van der Waals surface area (Å²) in [5, 5.41) is 8.86. The predicted octanol–water partition coefficient (Wildman–Crippen LogP) is 0.927. The molecule has 2 N–H and O–H groups in total. The van der Waals surface area contributed by atoms with Crippen molar-refractivity contribution in [1.29, 1.82) is 0 Å². The smallest absolute Gasteiger partial charge is 0.271 e. The fourth-order valence-electron chi connectivity index (χ4n) is 2.57. The molecule has 1 aromatic heterocycles. The van der Waals surface area contributed by atoms with E-state index in [1.165, 1.54) is 12.1 Å². The zero-order valence-corrected chi connectivity index (χ0v) is 13.9. The van der Waals surface area contributed by atoms with Crippen molar-refractivity contribution in [3.8, 4) is 0 Å². The first-order valence-electron chi connectivity index (χ1n) is 7.89. The molecule has 0 aliphatic carbocycles. The number of piperidine rings is 1. The molecule has 1 fully saturated rings. The van der Waals surface area contributed by atoms with Crippen LogP contribution in [0.5, 0.6) is 0 Å². The number of amides is 2. The molecular formula is C16H24N4O3. The van der Waals surface area contributed by atoms with Crippen molar-refractivity contribution in [1.82, 2.24) is 20.4 Å². The fourth-order valence-corrected chi connectivity index (χ4v) is 2.57. The molecule has 7 heteroatoms. The van der Waals surface area contributed by atoms with Crippen molar-refractivity contribution in [3.05, 3.63) is 28.2 Å². The second-order valence-corrected chi connectivity index (χ2v) is 7.17. The molecule has 2 amide bonds. The molecule has 0 atom stereocenters.